The Morgan fingerprint density at radius 1 is 1.10 bits per heavy atom. The first-order valence-electron chi connectivity index (χ1n) is 9.50. The molecule has 30 heavy (non-hydrogen) atoms. The molecule has 0 aliphatic heterocycles. The van der Waals surface area contributed by atoms with E-state index in [1.54, 1.807) is 24.3 Å². The summed E-state index contributed by atoms with van der Waals surface area (Å²) in [4.78, 5) is 12.6. The van der Waals surface area contributed by atoms with Crippen molar-refractivity contribution in [3.05, 3.63) is 106 Å². The van der Waals surface area contributed by atoms with Gasteiger partial charge in [0, 0.05) is 10.6 Å². The number of halogens is 1. The molecule has 1 amide bonds. The van der Waals surface area contributed by atoms with E-state index < -0.39 is 5.91 Å². The van der Waals surface area contributed by atoms with Crippen molar-refractivity contribution in [2.75, 3.05) is 0 Å². The Hall–Kier alpha value is -3.55. The number of nitriles is 1. The van der Waals surface area contributed by atoms with E-state index in [0.717, 1.165) is 11.1 Å². The number of carbonyl (C=O) groups is 1. The summed E-state index contributed by atoms with van der Waals surface area (Å²) in [7, 11) is 0. The van der Waals surface area contributed by atoms with Crippen LogP contribution < -0.4 is 10.1 Å². The molecule has 1 atom stereocenters. The Morgan fingerprint density at radius 3 is 2.57 bits per heavy atom. The number of hydrogen-bond acceptors (Lipinski definition) is 3. The van der Waals surface area contributed by atoms with Crippen molar-refractivity contribution in [3.8, 4) is 11.8 Å². The van der Waals surface area contributed by atoms with Gasteiger partial charge in [0.05, 0.1) is 6.04 Å². The molecule has 1 N–H and O–H groups in total. The molecule has 0 spiro atoms. The fourth-order valence-corrected chi connectivity index (χ4v) is 3.14. The highest BCUT2D eigenvalue weighted by atomic mass is 35.5. The lowest BCUT2D eigenvalue weighted by Gasteiger charge is -2.14. The van der Waals surface area contributed by atoms with Crippen LogP contribution in [0.1, 0.15) is 29.7 Å². The number of amides is 1. The number of rotatable bonds is 7. The Morgan fingerprint density at radius 2 is 1.83 bits per heavy atom. The Balaban J connectivity index is 1.75. The van der Waals surface area contributed by atoms with Crippen molar-refractivity contribution in [3.63, 3.8) is 0 Å². The molecule has 0 aliphatic rings. The molecule has 0 bridgehead atoms. The van der Waals surface area contributed by atoms with Crippen molar-refractivity contribution in [1.82, 2.24) is 5.32 Å². The van der Waals surface area contributed by atoms with Crippen LogP contribution in [0.25, 0.3) is 6.08 Å². The zero-order valence-corrected chi connectivity index (χ0v) is 17.3. The number of nitrogens with one attached hydrogen (secondary N) is 1. The second kappa shape index (κ2) is 10.3. The first-order chi connectivity index (χ1) is 14.6. The summed E-state index contributed by atoms with van der Waals surface area (Å²) in [6, 6.07) is 26.1. The van der Waals surface area contributed by atoms with Crippen LogP contribution in [0.15, 0.2) is 84.4 Å². The largest absolute Gasteiger partial charge is 0.488 e. The van der Waals surface area contributed by atoms with Crippen LogP contribution in [0.2, 0.25) is 5.02 Å². The predicted octanol–water partition coefficient (Wildman–Crippen LogP) is 5.70. The summed E-state index contributed by atoms with van der Waals surface area (Å²) < 4.78 is 5.91. The Bertz CT molecular complexity index is 1090. The molecular formula is C25H21ClN2O2. The molecule has 3 rings (SSSR count). The van der Waals surface area contributed by atoms with E-state index in [1.807, 2.05) is 73.7 Å². The standard InChI is InChI=1S/C25H21ClN2O2/c1-18(20-9-3-2-4-10-20)28-25(29)22(16-27)15-21-11-5-6-13-24(21)30-17-19-8-7-12-23(26)14-19/h2-15,18H,17H2,1H3,(H,28,29)/b22-15+/t18-/m1/s1. The maximum absolute atomic E-state index is 12.6. The predicted molar refractivity (Wildman–Crippen MR) is 119 cm³/mol. The summed E-state index contributed by atoms with van der Waals surface area (Å²) in [6.45, 7) is 2.20. The SMILES string of the molecule is C[C@@H](NC(=O)/C(C#N)=C/c1ccccc1OCc1cccc(Cl)c1)c1ccccc1. The molecule has 0 radical (unpaired) electrons. The quantitative estimate of drug-likeness (QED) is 0.396. The van der Waals surface area contributed by atoms with Crippen molar-refractivity contribution in [2.45, 2.75) is 19.6 Å². The van der Waals surface area contributed by atoms with Crippen LogP contribution in [0.4, 0.5) is 0 Å². The third kappa shape index (κ3) is 5.73. The van der Waals surface area contributed by atoms with E-state index in [-0.39, 0.29) is 11.6 Å². The van der Waals surface area contributed by atoms with Crippen LogP contribution in [0.5, 0.6) is 5.75 Å². The third-order valence-corrected chi connectivity index (χ3v) is 4.75. The number of hydrogen-bond donors (Lipinski definition) is 1. The van der Waals surface area contributed by atoms with Gasteiger partial charge >= 0.3 is 0 Å². The summed E-state index contributed by atoms with van der Waals surface area (Å²) in [5.41, 5.74) is 2.56. The summed E-state index contributed by atoms with van der Waals surface area (Å²) in [5, 5.41) is 13.0. The first kappa shape index (κ1) is 21.2. The molecule has 4 nitrogen and oxygen atoms in total. The average Bonchev–Trinajstić information content (AvgIpc) is 2.77. The molecular weight excluding hydrogens is 396 g/mol. The molecule has 3 aromatic carbocycles. The van der Waals surface area contributed by atoms with Gasteiger partial charge in [-0.15, -0.1) is 0 Å². The fraction of sp³-hybridized carbons (Fsp3) is 0.120. The molecule has 0 heterocycles. The van der Waals surface area contributed by atoms with Crippen LogP contribution >= 0.6 is 11.6 Å². The maximum atomic E-state index is 12.6. The van der Waals surface area contributed by atoms with E-state index in [2.05, 4.69) is 5.32 Å². The molecule has 5 heteroatoms. The third-order valence-electron chi connectivity index (χ3n) is 4.51. The monoisotopic (exact) mass is 416 g/mol. The minimum Gasteiger partial charge on any atom is -0.488 e. The van der Waals surface area contributed by atoms with Crippen molar-refractivity contribution in [2.24, 2.45) is 0 Å². The van der Waals surface area contributed by atoms with Gasteiger partial charge < -0.3 is 10.1 Å². The van der Waals surface area contributed by atoms with Crippen molar-refractivity contribution in [1.29, 1.82) is 5.26 Å². The van der Waals surface area contributed by atoms with E-state index in [0.29, 0.717) is 22.9 Å². The summed E-state index contributed by atoms with van der Waals surface area (Å²) in [6.07, 6.45) is 1.54. The van der Waals surface area contributed by atoms with Crippen LogP contribution in [0, 0.1) is 11.3 Å². The van der Waals surface area contributed by atoms with Gasteiger partial charge in [-0.3, -0.25) is 4.79 Å². The van der Waals surface area contributed by atoms with Gasteiger partial charge in [-0.05, 0) is 42.3 Å². The van der Waals surface area contributed by atoms with Gasteiger partial charge in [-0.2, -0.15) is 5.26 Å². The maximum Gasteiger partial charge on any atom is 0.262 e. The zero-order chi connectivity index (χ0) is 21.3. The van der Waals surface area contributed by atoms with Gasteiger partial charge in [0.15, 0.2) is 0 Å². The van der Waals surface area contributed by atoms with Crippen molar-refractivity contribution < 1.29 is 9.53 Å². The molecule has 0 aliphatic carbocycles. The lowest BCUT2D eigenvalue weighted by atomic mass is 10.1. The van der Waals surface area contributed by atoms with Gasteiger partial charge in [0.25, 0.3) is 5.91 Å². The van der Waals surface area contributed by atoms with Gasteiger partial charge in [-0.1, -0.05) is 72.3 Å². The Kier molecular flexibility index (Phi) is 7.26. The molecule has 0 saturated carbocycles. The van der Waals surface area contributed by atoms with Crippen LogP contribution in [-0.2, 0) is 11.4 Å². The highest BCUT2D eigenvalue weighted by molar-refractivity contribution is 6.30. The minimum atomic E-state index is -0.432. The van der Waals surface area contributed by atoms with E-state index >= 15 is 0 Å². The van der Waals surface area contributed by atoms with Gasteiger partial charge in [0.2, 0.25) is 0 Å². The normalized spacial score (nSPS) is 12.0. The summed E-state index contributed by atoms with van der Waals surface area (Å²) in [5.74, 6) is 0.146. The number of ether oxygens (including phenoxy) is 1. The molecule has 150 valence electrons. The smallest absolute Gasteiger partial charge is 0.262 e. The second-order valence-electron chi connectivity index (χ2n) is 6.73. The van der Waals surface area contributed by atoms with Gasteiger partial charge in [0.1, 0.15) is 24.0 Å². The molecule has 0 saturated heterocycles. The van der Waals surface area contributed by atoms with Crippen molar-refractivity contribution >= 4 is 23.6 Å². The van der Waals surface area contributed by atoms with Crippen LogP contribution in [-0.4, -0.2) is 5.91 Å². The molecule has 3 aromatic rings. The lowest BCUT2D eigenvalue weighted by molar-refractivity contribution is -0.117. The molecule has 0 fully saturated rings. The highest BCUT2D eigenvalue weighted by Crippen LogP contribution is 2.23. The highest BCUT2D eigenvalue weighted by Gasteiger charge is 2.14. The van der Waals surface area contributed by atoms with E-state index in [4.69, 9.17) is 16.3 Å². The number of para-hydroxylation sites is 1. The van der Waals surface area contributed by atoms with E-state index in [9.17, 15) is 10.1 Å². The van der Waals surface area contributed by atoms with Crippen LogP contribution in [0.3, 0.4) is 0 Å². The lowest BCUT2D eigenvalue weighted by Crippen LogP contribution is -2.27. The minimum absolute atomic E-state index is 0.0107. The summed E-state index contributed by atoms with van der Waals surface area (Å²) >= 11 is 6.02. The number of benzene rings is 3. The fourth-order valence-electron chi connectivity index (χ4n) is 2.92. The number of nitrogens with zero attached hydrogens (tertiary/aromatic N) is 1. The molecule has 0 unspecified atom stereocenters. The van der Waals surface area contributed by atoms with E-state index in [1.165, 1.54) is 0 Å². The average molecular weight is 417 g/mol. The zero-order valence-electron chi connectivity index (χ0n) is 16.5. The second-order valence-corrected chi connectivity index (χ2v) is 7.17. The number of carbonyl (C=O) groups excluding carboxylic acids is 1. The van der Waals surface area contributed by atoms with Gasteiger partial charge in [-0.25, -0.2) is 0 Å². The first-order valence-corrected chi connectivity index (χ1v) is 9.88. The molecule has 0 aromatic heterocycles. The topological polar surface area (TPSA) is 62.1 Å². The Labute approximate surface area is 181 Å².